The highest BCUT2D eigenvalue weighted by Crippen LogP contribution is 2.11. The van der Waals surface area contributed by atoms with Gasteiger partial charge in [-0.05, 0) is 50.1 Å². The molecule has 0 heterocycles. The molecule has 0 aromatic heterocycles. The van der Waals surface area contributed by atoms with Gasteiger partial charge in [0.05, 0.1) is 25.2 Å². The van der Waals surface area contributed by atoms with Crippen LogP contribution in [0.5, 0.6) is 5.75 Å². The zero-order chi connectivity index (χ0) is 30.5. The SMILES string of the molecule is CN[C@@H](Cc1ccccc1)C(=O)N(C(=O)CNC(=O)[C@@H](C)NC(=O)[C@@H](N)Cc1ccc(O)cc1)C(=O)CNC(C)C. The second-order valence-corrected chi connectivity index (χ2v) is 9.95. The molecule has 0 fully saturated rings. The van der Waals surface area contributed by atoms with Gasteiger partial charge < -0.3 is 32.1 Å². The summed E-state index contributed by atoms with van der Waals surface area (Å²) in [5.74, 6) is -3.60. The topological polar surface area (TPSA) is 183 Å². The molecule has 41 heavy (non-hydrogen) atoms. The summed E-state index contributed by atoms with van der Waals surface area (Å²) >= 11 is 0. The summed E-state index contributed by atoms with van der Waals surface area (Å²) in [7, 11) is 1.56. The number of rotatable bonds is 14. The van der Waals surface area contributed by atoms with Crippen LogP contribution in [0, 0.1) is 0 Å². The van der Waals surface area contributed by atoms with Crippen LogP contribution in [0.15, 0.2) is 54.6 Å². The van der Waals surface area contributed by atoms with E-state index in [4.69, 9.17) is 5.73 Å². The van der Waals surface area contributed by atoms with E-state index in [1.807, 2.05) is 44.2 Å². The van der Waals surface area contributed by atoms with Crippen molar-refractivity contribution in [3.05, 3.63) is 65.7 Å². The fourth-order valence-electron chi connectivity index (χ4n) is 3.83. The van der Waals surface area contributed by atoms with Crippen LogP contribution in [0.2, 0.25) is 0 Å². The molecule has 0 spiro atoms. The number of nitrogens with one attached hydrogen (secondary N) is 4. The molecule has 0 radical (unpaired) electrons. The lowest BCUT2D eigenvalue weighted by atomic mass is 10.0. The largest absolute Gasteiger partial charge is 0.508 e. The summed E-state index contributed by atoms with van der Waals surface area (Å²) in [5.41, 5.74) is 7.52. The number of phenols is 1. The Morgan fingerprint density at radius 1 is 0.829 bits per heavy atom. The summed E-state index contributed by atoms with van der Waals surface area (Å²) in [6.07, 6.45) is 0.419. The maximum atomic E-state index is 13.4. The Bertz CT molecular complexity index is 1190. The number of benzene rings is 2. The lowest BCUT2D eigenvalue weighted by molar-refractivity contribution is -0.155. The molecule has 2 aromatic rings. The molecular weight excluding hydrogens is 528 g/mol. The lowest BCUT2D eigenvalue weighted by Crippen LogP contribution is -2.57. The van der Waals surface area contributed by atoms with Gasteiger partial charge >= 0.3 is 0 Å². The molecule has 0 saturated carbocycles. The van der Waals surface area contributed by atoms with Crippen LogP contribution in [0.3, 0.4) is 0 Å². The minimum Gasteiger partial charge on any atom is -0.508 e. The van der Waals surface area contributed by atoms with Gasteiger partial charge in [0.15, 0.2) is 0 Å². The van der Waals surface area contributed by atoms with Gasteiger partial charge in [-0.3, -0.25) is 24.0 Å². The van der Waals surface area contributed by atoms with Crippen molar-refractivity contribution in [2.75, 3.05) is 20.1 Å². The predicted octanol–water partition coefficient (Wildman–Crippen LogP) is -0.407. The number of amides is 5. The summed E-state index contributed by atoms with van der Waals surface area (Å²) in [6, 6.07) is 12.4. The van der Waals surface area contributed by atoms with E-state index in [2.05, 4.69) is 21.3 Å². The van der Waals surface area contributed by atoms with E-state index in [-0.39, 0.29) is 31.2 Å². The normalized spacial score (nSPS) is 13.1. The molecule has 0 unspecified atom stereocenters. The van der Waals surface area contributed by atoms with Crippen LogP contribution in [0.1, 0.15) is 31.9 Å². The van der Waals surface area contributed by atoms with Crippen LogP contribution in [0.25, 0.3) is 0 Å². The first-order chi connectivity index (χ1) is 19.4. The third-order valence-electron chi connectivity index (χ3n) is 6.20. The van der Waals surface area contributed by atoms with Gasteiger partial charge in [-0.1, -0.05) is 56.3 Å². The fraction of sp³-hybridized carbons (Fsp3) is 0.414. The quantitative estimate of drug-likeness (QED) is 0.176. The van der Waals surface area contributed by atoms with Crippen molar-refractivity contribution in [3.63, 3.8) is 0 Å². The highest BCUT2D eigenvalue weighted by atomic mass is 16.3. The van der Waals surface area contributed by atoms with Gasteiger partial charge in [-0.2, -0.15) is 0 Å². The van der Waals surface area contributed by atoms with Gasteiger partial charge in [0, 0.05) is 6.04 Å². The maximum absolute atomic E-state index is 13.4. The number of hydrogen-bond donors (Lipinski definition) is 6. The lowest BCUT2D eigenvalue weighted by Gasteiger charge is -2.25. The van der Waals surface area contributed by atoms with Crippen LogP contribution < -0.4 is 27.0 Å². The van der Waals surface area contributed by atoms with E-state index in [1.54, 1.807) is 19.2 Å². The Labute approximate surface area is 240 Å². The molecule has 0 aliphatic heterocycles. The minimum atomic E-state index is -1.05. The Morgan fingerprint density at radius 2 is 1.41 bits per heavy atom. The molecule has 0 saturated heterocycles. The standard InChI is InChI=1S/C29H40N6O6/c1-18(2)32-16-25(37)35(29(41)24(31-4)15-20-8-6-5-7-9-20)26(38)17-33-27(39)19(3)34-28(40)23(30)14-21-10-12-22(36)13-11-21/h5-13,18-19,23-24,31-32,36H,14-17,30H2,1-4H3,(H,33,39)(H,34,40)/t19-,23+,24+/m1/s1. The van der Waals surface area contributed by atoms with Crippen LogP contribution in [-0.2, 0) is 36.8 Å². The summed E-state index contributed by atoms with van der Waals surface area (Å²) in [5, 5.41) is 20.0. The molecule has 0 aliphatic carbocycles. The number of carbonyl (C=O) groups is 5. The highest BCUT2D eigenvalue weighted by molar-refractivity contribution is 6.13. The van der Waals surface area contributed by atoms with Crippen molar-refractivity contribution in [1.29, 1.82) is 0 Å². The zero-order valence-electron chi connectivity index (χ0n) is 23.8. The van der Waals surface area contributed by atoms with Crippen molar-refractivity contribution in [2.45, 2.75) is 57.8 Å². The summed E-state index contributed by atoms with van der Waals surface area (Å²) in [4.78, 5) is 65.2. The fourth-order valence-corrected chi connectivity index (χ4v) is 3.83. The monoisotopic (exact) mass is 568 g/mol. The number of nitrogens with two attached hydrogens (primary N) is 1. The van der Waals surface area contributed by atoms with Crippen LogP contribution in [0.4, 0.5) is 0 Å². The molecule has 12 nitrogen and oxygen atoms in total. The van der Waals surface area contributed by atoms with Gasteiger partial charge in [0.2, 0.25) is 17.7 Å². The molecule has 222 valence electrons. The summed E-state index contributed by atoms with van der Waals surface area (Å²) in [6.45, 7) is 4.16. The number of aromatic hydroxyl groups is 1. The van der Waals surface area contributed by atoms with E-state index >= 15 is 0 Å². The van der Waals surface area contributed by atoms with Gasteiger partial charge in [0.1, 0.15) is 11.8 Å². The first kappa shape index (κ1) is 33.1. The molecule has 2 rings (SSSR count). The van der Waals surface area contributed by atoms with E-state index in [9.17, 15) is 29.1 Å². The molecule has 0 aliphatic rings. The average molecular weight is 569 g/mol. The molecular formula is C29H40N6O6. The van der Waals surface area contributed by atoms with Crippen LogP contribution >= 0.6 is 0 Å². The van der Waals surface area contributed by atoms with E-state index in [1.165, 1.54) is 19.1 Å². The van der Waals surface area contributed by atoms with Crippen molar-refractivity contribution in [1.82, 2.24) is 26.2 Å². The first-order valence-electron chi connectivity index (χ1n) is 13.4. The first-order valence-corrected chi connectivity index (χ1v) is 13.4. The molecule has 0 bridgehead atoms. The Hall–Kier alpha value is -4.13. The number of phenolic OH excluding ortho intramolecular Hbond substituents is 1. The Balaban J connectivity index is 2.02. The maximum Gasteiger partial charge on any atom is 0.255 e. The number of nitrogens with zero attached hydrogens (tertiary/aromatic N) is 1. The Kier molecular flexibility index (Phi) is 13.1. The van der Waals surface area contributed by atoms with Crippen molar-refractivity contribution in [3.8, 4) is 5.75 Å². The second-order valence-electron chi connectivity index (χ2n) is 9.95. The minimum absolute atomic E-state index is 0.0694. The Morgan fingerprint density at radius 3 is 2.00 bits per heavy atom. The third-order valence-corrected chi connectivity index (χ3v) is 6.20. The number of carbonyl (C=O) groups excluding carboxylic acids is 5. The van der Waals surface area contributed by atoms with Crippen molar-refractivity contribution in [2.24, 2.45) is 5.73 Å². The number of imide groups is 3. The summed E-state index contributed by atoms with van der Waals surface area (Å²) < 4.78 is 0. The van der Waals surface area contributed by atoms with Gasteiger partial charge in [-0.25, -0.2) is 4.90 Å². The average Bonchev–Trinajstić information content (AvgIpc) is 2.95. The molecule has 5 amide bonds. The molecule has 2 aromatic carbocycles. The highest BCUT2D eigenvalue weighted by Gasteiger charge is 2.33. The number of hydrogen-bond acceptors (Lipinski definition) is 9. The van der Waals surface area contributed by atoms with Gasteiger partial charge in [0.25, 0.3) is 11.8 Å². The number of likely N-dealkylation sites (N-methyl/N-ethyl adjacent to an activating group) is 1. The zero-order valence-corrected chi connectivity index (χ0v) is 23.8. The van der Waals surface area contributed by atoms with Gasteiger partial charge in [-0.15, -0.1) is 0 Å². The van der Waals surface area contributed by atoms with Crippen molar-refractivity contribution >= 4 is 29.5 Å². The van der Waals surface area contributed by atoms with Crippen LogP contribution in [-0.4, -0.2) is 83.8 Å². The smallest absolute Gasteiger partial charge is 0.255 e. The molecule has 3 atom stereocenters. The van der Waals surface area contributed by atoms with E-state index in [0.29, 0.717) is 4.90 Å². The van der Waals surface area contributed by atoms with E-state index < -0.39 is 54.2 Å². The van der Waals surface area contributed by atoms with Crippen molar-refractivity contribution < 1.29 is 29.1 Å². The predicted molar refractivity (Wildman–Crippen MR) is 153 cm³/mol. The second kappa shape index (κ2) is 16.2. The molecule has 7 N–H and O–H groups in total. The van der Waals surface area contributed by atoms with E-state index in [0.717, 1.165) is 11.1 Å². The molecule has 12 heteroatoms. The third kappa shape index (κ3) is 10.7.